The van der Waals surface area contributed by atoms with Crippen LogP contribution in [0.25, 0.3) is 100 Å². The third-order valence-electron chi connectivity index (χ3n) is 16.9. The molecule has 1 radical (unpaired) electrons. The first-order chi connectivity index (χ1) is 36.7. The molecule has 2 heteroatoms. The third-order valence-corrected chi connectivity index (χ3v) is 16.9. The van der Waals surface area contributed by atoms with Gasteiger partial charge in [-0.15, -0.1) is 35.4 Å². The molecule has 4 aliphatic rings. The Bertz CT molecular complexity index is 3990. The Labute approximate surface area is 450 Å². The molecule has 0 amide bonds. The number of pyridine rings is 1. The summed E-state index contributed by atoms with van der Waals surface area (Å²) in [5.41, 5.74) is 31.6. The molecule has 75 heavy (non-hydrogen) atoms. The number of benzene rings is 11. The number of rotatable bonds is 5. The van der Waals surface area contributed by atoms with Crippen molar-refractivity contribution in [2.75, 3.05) is 0 Å². The Hall–Kier alpha value is -8.78. The van der Waals surface area contributed by atoms with Gasteiger partial charge in [-0.2, -0.15) is 0 Å². The van der Waals surface area contributed by atoms with Gasteiger partial charge < -0.3 is 4.98 Å². The van der Waals surface area contributed by atoms with Crippen LogP contribution < -0.4 is 0 Å². The molecule has 0 fully saturated rings. The molecule has 0 saturated carbocycles. The van der Waals surface area contributed by atoms with Gasteiger partial charge in [0, 0.05) is 26.3 Å². The van der Waals surface area contributed by atoms with E-state index in [2.05, 4.69) is 248 Å². The largest absolute Gasteiger partial charge is 0.305 e. The number of hydrogen-bond acceptors (Lipinski definition) is 1. The second-order valence-corrected chi connectivity index (χ2v) is 20.4. The molecule has 1 heterocycles. The van der Waals surface area contributed by atoms with E-state index >= 15 is 0 Å². The Morgan fingerprint density at radius 3 is 0.987 bits per heavy atom. The van der Waals surface area contributed by atoms with Gasteiger partial charge in [0.1, 0.15) is 0 Å². The summed E-state index contributed by atoms with van der Waals surface area (Å²) in [6.07, 6.45) is 1.84. The van der Waals surface area contributed by atoms with E-state index in [1.165, 1.54) is 111 Å². The van der Waals surface area contributed by atoms with E-state index in [1.54, 1.807) is 0 Å². The van der Waals surface area contributed by atoms with Crippen LogP contribution in [0, 0.1) is 6.07 Å². The van der Waals surface area contributed by atoms with Crippen LogP contribution in [0.2, 0.25) is 0 Å². The number of nitrogens with zero attached hydrogens (tertiary/aromatic N) is 1. The van der Waals surface area contributed by atoms with E-state index in [4.69, 9.17) is 0 Å². The zero-order valence-electron chi connectivity index (χ0n) is 40.7. The molecule has 4 aliphatic carbocycles. The second kappa shape index (κ2) is 16.6. The van der Waals surface area contributed by atoms with Crippen molar-refractivity contribution in [1.29, 1.82) is 0 Å². The van der Waals surface area contributed by atoms with Gasteiger partial charge in [-0.3, -0.25) is 0 Å². The van der Waals surface area contributed by atoms with Crippen molar-refractivity contribution in [2.24, 2.45) is 0 Å². The van der Waals surface area contributed by atoms with Crippen molar-refractivity contribution in [2.45, 2.75) is 10.8 Å². The predicted octanol–water partition coefficient (Wildman–Crippen LogP) is 17.9. The molecule has 1 aromatic heterocycles. The normalized spacial score (nSPS) is 13.7. The minimum Gasteiger partial charge on any atom is -0.305 e. The van der Waals surface area contributed by atoms with Gasteiger partial charge in [-0.25, -0.2) is 0 Å². The van der Waals surface area contributed by atoms with Crippen LogP contribution in [-0.2, 0) is 30.9 Å². The van der Waals surface area contributed by atoms with Crippen LogP contribution in [0.1, 0.15) is 44.5 Å². The van der Waals surface area contributed by atoms with Crippen LogP contribution in [-0.4, -0.2) is 4.98 Å². The van der Waals surface area contributed by atoms with Crippen LogP contribution in [0.4, 0.5) is 0 Å². The zero-order chi connectivity index (χ0) is 48.5. The molecule has 351 valence electrons. The topological polar surface area (TPSA) is 12.9 Å². The molecule has 0 bridgehead atoms. The summed E-state index contributed by atoms with van der Waals surface area (Å²) in [5, 5.41) is 0. The summed E-state index contributed by atoms with van der Waals surface area (Å²) < 4.78 is 0. The van der Waals surface area contributed by atoms with E-state index < -0.39 is 10.8 Å². The van der Waals surface area contributed by atoms with E-state index in [9.17, 15) is 0 Å². The molecular weight excluding hydrogens is 1080 g/mol. The summed E-state index contributed by atoms with van der Waals surface area (Å²) in [6, 6.07) is 101. The van der Waals surface area contributed by atoms with Gasteiger partial charge >= 0.3 is 0 Å². The summed E-state index contributed by atoms with van der Waals surface area (Å²) in [6.45, 7) is 0. The van der Waals surface area contributed by atoms with E-state index in [0.717, 1.165) is 33.5 Å². The summed E-state index contributed by atoms with van der Waals surface area (Å²) in [5.74, 6) is 0. The maximum Gasteiger partial charge on any atom is 0.0725 e. The van der Waals surface area contributed by atoms with Crippen LogP contribution in [0.3, 0.4) is 0 Å². The molecule has 2 spiro atoms. The standard InChI is InChI=1S/C73H44N.Ir/c1-7-27-63-55(21-1)56-22-2-8-28-64(56)72(63)67-31-11-5-25-59(67)61-36-34-49(44-69(61)72)53-41-52(48-19-15-17-46(39-48)47-18-16-20-51(40-47)71-33-13-14-38-74-71)42-54(43-53)50-35-37-62-60-26-6-12-32-68(60)73(70(62)45-50)65-29-9-3-23-57(65)58-24-4-10-30-66(58)73;/h1-19,21-45H;/q-1;. The van der Waals surface area contributed by atoms with Crippen LogP contribution in [0.5, 0.6) is 0 Å². The minimum atomic E-state index is -0.442. The molecule has 16 rings (SSSR count). The Balaban J connectivity index is 0.00000495. The fraction of sp³-hybridized carbons (Fsp3) is 0.0274. The Kier molecular flexibility index (Phi) is 9.70. The maximum absolute atomic E-state index is 4.65. The van der Waals surface area contributed by atoms with Gasteiger partial charge in [0.2, 0.25) is 0 Å². The van der Waals surface area contributed by atoms with Gasteiger partial charge in [-0.05, 0) is 176 Å². The first-order valence-corrected chi connectivity index (χ1v) is 25.8. The van der Waals surface area contributed by atoms with Crippen LogP contribution in [0.15, 0.2) is 267 Å². The Morgan fingerprint density at radius 1 is 0.253 bits per heavy atom. The number of aromatic nitrogens is 1. The van der Waals surface area contributed by atoms with Crippen molar-refractivity contribution in [3.8, 4) is 100 Å². The van der Waals surface area contributed by atoms with Crippen molar-refractivity contribution < 1.29 is 20.1 Å². The summed E-state index contributed by atoms with van der Waals surface area (Å²) >= 11 is 0. The molecule has 0 saturated heterocycles. The number of hydrogen-bond donors (Lipinski definition) is 0. The number of fused-ring (bicyclic) bond motifs is 20. The van der Waals surface area contributed by atoms with Gasteiger partial charge in [-0.1, -0.05) is 200 Å². The molecule has 11 aromatic carbocycles. The molecule has 0 atom stereocenters. The summed E-state index contributed by atoms with van der Waals surface area (Å²) in [7, 11) is 0. The molecular formula is C73H44IrN-. The van der Waals surface area contributed by atoms with Gasteiger partial charge in [0.25, 0.3) is 0 Å². The van der Waals surface area contributed by atoms with Gasteiger partial charge in [0.15, 0.2) is 0 Å². The van der Waals surface area contributed by atoms with Crippen molar-refractivity contribution in [3.63, 3.8) is 0 Å². The smallest absolute Gasteiger partial charge is 0.0725 e. The van der Waals surface area contributed by atoms with E-state index in [1.807, 2.05) is 30.5 Å². The van der Waals surface area contributed by atoms with Crippen LogP contribution >= 0.6 is 0 Å². The first kappa shape index (κ1) is 43.8. The van der Waals surface area contributed by atoms with Crippen molar-refractivity contribution in [3.05, 3.63) is 318 Å². The molecule has 0 N–H and O–H groups in total. The SMILES string of the molecule is [Ir].[c-]1ccc(-c2cccc(-c3cc(-c4ccc5c(c4)C4(c6ccccc6-c6ccccc64)c4ccccc4-5)cc(-c4ccc5c(c4)C4(c6ccccc6-c6ccccc64)c4ccccc4-5)c3)c2)cc1-c1ccccn1. The van der Waals surface area contributed by atoms with Crippen molar-refractivity contribution >= 4 is 0 Å². The average Bonchev–Trinajstić information content (AvgIpc) is 4.19. The monoisotopic (exact) mass is 1130 g/mol. The summed E-state index contributed by atoms with van der Waals surface area (Å²) in [4.78, 5) is 4.65. The zero-order valence-corrected chi connectivity index (χ0v) is 43.1. The first-order valence-electron chi connectivity index (χ1n) is 25.8. The second-order valence-electron chi connectivity index (χ2n) is 20.4. The Morgan fingerprint density at radius 2 is 0.587 bits per heavy atom. The quantitative estimate of drug-likeness (QED) is 0.157. The third kappa shape index (κ3) is 6.07. The minimum absolute atomic E-state index is 0. The predicted molar refractivity (Wildman–Crippen MR) is 303 cm³/mol. The fourth-order valence-corrected chi connectivity index (χ4v) is 13.9. The molecule has 0 aliphatic heterocycles. The van der Waals surface area contributed by atoms with E-state index in [0.29, 0.717) is 0 Å². The fourth-order valence-electron chi connectivity index (χ4n) is 13.9. The van der Waals surface area contributed by atoms with E-state index in [-0.39, 0.29) is 20.1 Å². The molecule has 1 nitrogen and oxygen atoms in total. The van der Waals surface area contributed by atoms with Crippen molar-refractivity contribution in [1.82, 2.24) is 4.98 Å². The van der Waals surface area contributed by atoms with Gasteiger partial charge in [0.05, 0.1) is 10.8 Å². The molecule has 12 aromatic rings. The molecule has 0 unspecified atom stereocenters. The maximum atomic E-state index is 4.65. The average molecular weight is 1130 g/mol.